The van der Waals surface area contributed by atoms with Crippen molar-refractivity contribution in [3.8, 4) is 5.75 Å². The standard InChI is InChI=1S/C21H26N4O2/c1-13-11-14(2)25(24-13)10-9-20(26)22-19-6-4-5-16-17-12-15(27-3)7-8-18(17)23-21(16)19/h7-8,11-12,19,23H,4-6,9-10H2,1-3H3,(H,22,26)/t19-/m0/s1. The minimum atomic E-state index is 0.0418. The molecule has 1 aliphatic rings. The second-order valence-corrected chi connectivity index (χ2v) is 7.34. The van der Waals surface area contributed by atoms with Gasteiger partial charge in [0.05, 0.1) is 18.8 Å². The smallest absolute Gasteiger partial charge is 0.222 e. The summed E-state index contributed by atoms with van der Waals surface area (Å²) in [5.41, 5.74) is 5.62. The van der Waals surface area contributed by atoms with E-state index in [1.165, 1.54) is 10.9 Å². The Bertz CT molecular complexity index is 986. The summed E-state index contributed by atoms with van der Waals surface area (Å²) in [6.07, 6.45) is 3.49. The van der Waals surface area contributed by atoms with Crippen molar-refractivity contribution in [2.24, 2.45) is 0 Å². The Morgan fingerprint density at radius 2 is 2.22 bits per heavy atom. The maximum absolute atomic E-state index is 12.5. The minimum Gasteiger partial charge on any atom is -0.497 e. The lowest BCUT2D eigenvalue weighted by atomic mass is 9.91. The number of methoxy groups -OCH3 is 1. The summed E-state index contributed by atoms with van der Waals surface area (Å²) in [6.45, 7) is 4.59. The van der Waals surface area contributed by atoms with Gasteiger partial charge in [0.15, 0.2) is 0 Å². The molecule has 0 radical (unpaired) electrons. The molecular weight excluding hydrogens is 340 g/mol. The number of nitrogens with zero attached hydrogens (tertiary/aromatic N) is 2. The molecule has 142 valence electrons. The molecule has 1 aliphatic carbocycles. The van der Waals surface area contributed by atoms with Crippen LogP contribution in [0.2, 0.25) is 0 Å². The minimum absolute atomic E-state index is 0.0418. The number of H-pyrrole nitrogens is 1. The van der Waals surface area contributed by atoms with Crippen LogP contribution in [0.4, 0.5) is 0 Å². The van der Waals surface area contributed by atoms with E-state index in [2.05, 4.69) is 21.5 Å². The van der Waals surface area contributed by atoms with E-state index in [0.29, 0.717) is 13.0 Å². The third-order valence-electron chi connectivity index (χ3n) is 5.40. The van der Waals surface area contributed by atoms with Crippen molar-refractivity contribution in [1.29, 1.82) is 0 Å². The van der Waals surface area contributed by atoms with Crippen molar-refractivity contribution in [3.63, 3.8) is 0 Å². The topological polar surface area (TPSA) is 71.9 Å². The van der Waals surface area contributed by atoms with E-state index in [0.717, 1.165) is 47.6 Å². The highest BCUT2D eigenvalue weighted by Gasteiger charge is 2.25. The Kier molecular flexibility index (Phi) is 4.64. The lowest BCUT2D eigenvalue weighted by Gasteiger charge is -2.24. The van der Waals surface area contributed by atoms with Crippen LogP contribution in [0.3, 0.4) is 0 Å². The molecule has 0 saturated carbocycles. The molecule has 2 aromatic heterocycles. The van der Waals surface area contributed by atoms with Gasteiger partial charge in [0.1, 0.15) is 5.75 Å². The van der Waals surface area contributed by atoms with Crippen LogP contribution in [-0.4, -0.2) is 27.8 Å². The Morgan fingerprint density at radius 3 is 2.96 bits per heavy atom. The first kappa shape index (κ1) is 17.6. The average Bonchev–Trinajstić information content (AvgIpc) is 3.19. The van der Waals surface area contributed by atoms with Gasteiger partial charge >= 0.3 is 0 Å². The maximum atomic E-state index is 12.5. The molecule has 0 fully saturated rings. The number of aryl methyl sites for hydroxylation is 4. The molecule has 1 aromatic carbocycles. The molecule has 0 aliphatic heterocycles. The summed E-state index contributed by atoms with van der Waals surface area (Å²) in [6, 6.07) is 8.17. The van der Waals surface area contributed by atoms with Crippen LogP contribution in [0, 0.1) is 13.8 Å². The van der Waals surface area contributed by atoms with Gasteiger partial charge in [-0.3, -0.25) is 9.48 Å². The molecule has 3 aromatic rings. The normalized spacial score (nSPS) is 16.3. The Morgan fingerprint density at radius 1 is 1.37 bits per heavy atom. The number of carbonyl (C=O) groups is 1. The number of fused-ring (bicyclic) bond motifs is 3. The zero-order valence-electron chi connectivity index (χ0n) is 16.1. The molecule has 6 nitrogen and oxygen atoms in total. The van der Waals surface area contributed by atoms with Crippen molar-refractivity contribution in [2.75, 3.05) is 7.11 Å². The number of aromatic amines is 1. The number of carbonyl (C=O) groups excluding carboxylic acids is 1. The highest BCUT2D eigenvalue weighted by Crippen LogP contribution is 2.36. The lowest BCUT2D eigenvalue weighted by Crippen LogP contribution is -2.31. The molecule has 4 rings (SSSR count). The molecule has 0 unspecified atom stereocenters. The first-order chi connectivity index (χ1) is 13.0. The number of hydrogen-bond donors (Lipinski definition) is 2. The van der Waals surface area contributed by atoms with Gasteiger partial charge in [-0.25, -0.2) is 0 Å². The number of aromatic nitrogens is 3. The van der Waals surface area contributed by atoms with Gasteiger partial charge in [-0.05, 0) is 62.9 Å². The third kappa shape index (κ3) is 3.44. The second kappa shape index (κ2) is 7.10. The number of rotatable bonds is 5. The Balaban J connectivity index is 1.49. The fraction of sp³-hybridized carbons (Fsp3) is 0.429. The molecular formula is C21H26N4O2. The number of nitrogens with one attached hydrogen (secondary N) is 2. The van der Waals surface area contributed by atoms with Crippen LogP contribution in [-0.2, 0) is 17.8 Å². The predicted octanol–water partition coefficient (Wildman–Crippen LogP) is 3.57. The van der Waals surface area contributed by atoms with Crippen molar-refractivity contribution >= 4 is 16.8 Å². The van der Waals surface area contributed by atoms with E-state index in [9.17, 15) is 4.79 Å². The van der Waals surface area contributed by atoms with E-state index in [-0.39, 0.29) is 11.9 Å². The summed E-state index contributed by atoms with van der Waals surface area (Å²) < 4.78 is 7.27. The summed E-state index contributed by atoms with van der Waals surface area (Å²) in [5.74, 6) is 0.928. The van der Waals surface area contributed by atoms with E-state index >= 15 is 0 Å². The van der Waals surface area contributed by atoms with Gasteiger partial charge in [0.2, 0.25) is 5.91 Å². The van der Waals surface area contributed by atoms with Crippen LogP contribution in [0.1, 0.15) is 47.9 Å². The quantitative estimate of drug-likeness (QED) is 0.725. The van der Waals surface area contributed by atoms with Crippen LogP contribution in [0.5, 0.6) is 5.75 Å². The number of amides is 1. The molecule has 0 bridgehead atoms. The summed E-state index contributed by atoms with van der Waals surface area (Å²) in [5, 5.41) is 8.85. The SMILES string of the molecule is COc1ccc2[nH]c3c(c2c1)CCC[C@@H]3NC(=O)CCn1nc(C)cc1C. The van der Waals surface area contributed by atoms with Crippen molar-refractivity contribution in [3.05, 3.63) is 46.9 Å². The molecule has 0 saturated heterocycles. The van der Waals surface area contributed by atoms with E-state index in [1.54, 1.807) is 7.11 Å². The Hall–Kier alpha value is -2.76. The van der Waals surface area contributed by atoms with Crippen LogP contribution >= 0.6 is 0 Å². The van der Waals surface area contributed by atoms with Crippen LogP contribution in [0.25, 0.3) is 10.9 Å². The van der Waals surface area contributed by atoms with Gasteiger partial charge in [-0.2, -0.15) is 5.10 Å². The molecule has 2 N–H and O–H groups in total. The van der Waals surface area contributed by atoms with Gasteiger partial charge < -0.3 is 15.0 Å². The Labute approximate surface area is 158 Å². The molecule has 0 spiro atoms. The van der Waals surface area contributed by atoms with Crippen molar-refractivity contribution in [2.45, 2.75) is 52.1 Å². The molecule has 2 heterocycles. The monoisotopic (exact) mass is 366 g/mol. The zero-order valence-corrected chi connectivity index (χ0v) is 16.1. The highest BCUT2D eigenvalue weighted by atomic mass is 16.5. The lowest BCUT2D eigenvalue weighted by molar-refractivity contribution is -0.122. The summed E-state index contributed by atoms with van der Waals surface area (Å²) in [7, 11) is 1.69. The van der Waals surface area contributed by atoms with Gasteiger partial charge in [-0.1, -0.05) is 0 Å². The zero-order chi connectivity index (χ0) is 19.0. The van der Waals surface area contributed by atoms with E-state index in [1.807, 2.05) is 36.7 Å². The molecule has 27 heavy (non-hydrogen) atoms. The van der Waals surface area contributed by atoms with E-state index in [4.69, 9.17) is 4.74 Å². The van der Waals surface area contributed by atoms with Crippen molar-refractivity contribution in [1.82, 2.24) is 20.1 Å². The van der Waals surface area contributed by atoms with Gasteiger partial charge in [0.25, 0.3) is 0 Å². The maximum Gasteiger partial charge on any atom is 0.222 e. The molecule has 1 amide bonds. The van der Waals surface area contributed by atoms with Gasteiger partial charge in [0, 0.05) is 35.3 Å². The third-order valence-corrected chi connectivity index (χ3v) is 5.40. The number of hydrogen-bond acceptors (Lipinski definition) is 3. The second-order valence-electron chi connectivity index (χ2n) is 7.34. The largest absolute Gasteiger partial charge is 0.497 e. The van der Waals surface area contributed by atoms with Crippen molar-refractivity contribution < 1.29 is 9.53 Å². The summed E-state index contributed by atoms with van der Waals surface area (Å²) in [4.78, 5) is 16.1. The first-order valence-corrected chi connectivity index (χ1v) is 9.54. The predicted molar refractivity (Wildman–Crippen MR) is 105 cm³/mol. The highest BCUT2D eigenvalue weighted by molar-refractivity contribution is 5.87. The van der Waals surface area contributed by atoms with Crippen LogP contribution < -0.4 is 10.1 Å². The fourth-order valence-corrected chi connectivity index (χ4v) is 4.09. The first-order valence-electron chi connectivity index (χ1n) is 9.54. The number of ether oxygens (including phenoxy) is 1. The molecule has 6 heteroatoms. The van der Waals surface area contributed by atoms with E-state index < -0.39 is 0 Å². The van der Waals surface area contributed by atoms with Crippen LogP contribution in [0.15, 0.2) is 24.3 Å². The average molecular weight is 366 g/mol. The summed E-state index contributed by atoms with van der Waals surface area (Å²) >= 11 is 0. The van der Waals surface area contributed by atoms with Gasteiger partial charge in [-0.15, -0.1) is 0 Å². The molecule has 1 atom stereocenters. The fourth-order valence-electron chi connectivity index (χ4n) is 4.09. The number of benzene rings is 1.